The zero-order valence-corrected chi connectivity index (χ0v) is 27.5. The number of nitriles is 1. The monoisotopic (exact) mass is 709 g/mol. The molecule has 0 amide bonds. The van der Waals surface area contributed by atoms with Crippen LogP contribution in [-0.4, -0.2) is 26.5 Å². The van der Waals surface area contributed by atoms with E-state index in [2.05, 4.69) is 62.7 Å². The van der Waals surface area contributed by atoms with Gasteiger partial charge in [0.05, 0.1) is 17.7 Å². The van der Waals surface area contributed by atoms with Gasteiger partial charge in [0.1, 0.15) is 17.4 Å². The number of ether oxygens (including phenoxy) is 1. The Morgan fingerprint density at radius 2 is 1.26 bits per heavy atom. The third-order valence-corrected chi connectivity index (χ3v) is 6.06. The Balaban J connectivity index is 0.000000307. The summed E-state index contributed by atoms with van der Waals surface area (Å²) in [4.78, 5) is 24.2. The van der Waals surface area contributed by atoms with Crippen LogP contribution in [0.2, 0.25) is 0 Å². The van der Waals surface area contributed by atoms with Crippen LogP contribution >= 0.6 is 47.8 Å². The van der Waals surface area contributed by atoms with Crippen molar-refractivity contribution in [3.05, 3.63) is 85.5 Å². The maximum Gasteiger partial charge on any atom is 0.307 e. The molecule has 0 unspecified atom stereocenters. The average molecular weight is 712 g/mol. The predicted octanol–water partition coefficient (Wildman–Crippen LogP) is 7.61. The van der Waals surface area contributed by atoms with Crippen molar-refractivity contribution in [3.63, 3.8) is 0 Å². The first-order valence-electron chi connectivity index (χ1n) is 11.7. The lowest BCUT2D eigenvalue weighted by molar-refractivity contribution is -0.156. The highest BCUT2D eigenvalue weighted by Crippen LogP contribution is 2.27. The molecule has 2 N–H and O–H groups in total. The Bertz CT molecular complexity index is 1190. The molecule has 3 aromatic rings. The van der Waals surface area contributed by atoms with E-state index in [1.165, 1.54) is 0 Å². The Morgan fingerprint density at radius 1 is 0.816 bits per heavy atom. The number of pyridine rings is 3. The summed E-state index contributed by atoms with van der Waals surface area (Å²) in [6.07, 6.45) is 5.41. The van der Waals surface area contributed by atoms with E-state index < -0.39 is 5.60 Å². The third kappa shape index (κ3) is 13.6. The van der Waals surface area contributed by atoms with Crippen molar-refractivity contribution in [1.82, 2.24) is 15.0 Å². The van der Waals surface area contributed by atoms with Crippen molar-refractivity contribution >= 4 is 53.8 Å². The summed E-state index contributed by atoms with van der Waals surface area (Å²) in [5.74, 6) is -0.197. The molecule has 3 aromatic heterocycles. The minimum absolute atomic E-state index is 0.197. The van der Waals surface area contributed by atoms with Crippen molar-refractivity contribution in [3.8, 4) is 6.07 Å². The van der Waals surface area contributed by atoms with E-state index >= 15 is 0 Å². The SMILES string of the molecule is CC(C)(C)OC(=O)CC(C)(C)c1ccc(Br)cn1.CC(C)(N)c1ccc(Br)cn1.N#Cc1ccc(Br)cn1. The van der Waals surface area contributed by atoms with Gasteiger partial charge in [-0.2, -0.15) is 5.26 Å². The third-order valence-electron chi connectivity index (χ3n) is 4.66. The summed E-state index contributed by atoms with van der Waals surface area (Å²) >= 11 is 9.86. The molecule has 0 fully saturated rings. The molecule has 0 saturated carbocycles. The topological polar surface area (TPSA) is 115 Å². The normalized spacial score (nSPS) is 11.2. The molecular formula is C28H34Br3N5O2. The number of hydrogen-bond acceptors (Lipinski definition) is 7. The van der Waals surface area contributed by atoms with Gasteiger partial charge in [-0.3, -0.25) is 14.8 Å². The van der Waals surface area contributed by atoms with E-state index in [9.17, 15) is 4.79 Å². The number of carbonyl (C=O) groups is 1. The lowest BCUT2D eigenvalue weighted by Gasteiger charge is -2.26. The number of halogens is 3. The summed E-state index contributed by atoms with van der Waals surface area (Å²) in [5, 5.41) is 8.30. The van der Waals surface area contributed by atoms with Gasteiger partial charge < -0.3 is 10.5 Å². The van der Waals surface area contributed by atoms with Crippen molar-refractivity contribution in [2.24, 2.45) is 5.73 Å². The van der Waals surface area contributed by atoms with Crippen molar-refractivity contribution in [2.45, 2.75) is 71.4 Å². The molecule has 0 aliphatic carbocycles. The fourth-order valence-corrected chi connectivity index (χ4v) is 3.51. The predicted molar refractivity (Wildman–Crippen MR) is 161 cm³/mol. The van der Waals surface area contributed by atoms with Gasteiger partial charge in [0.25, 0.3) is 0 Å². The largest absolute Gasteiger partial charge is 0.460 e. The smallest absolute Gasteiger partial charge is 0.307 e. The van der Waals surface area contributed by atoms with Crippen LogP contribution in [0.5, 0.6) is 0 Å². The molecule has 3 heterocycles. The van der Waals surface area contributed by atoms with Crippen LogP contribution in [0.25, 0.3) is 0 Å². The van der Waals surface area contributed by atoms with Crippen molar-refractivity contribution in [1.29, 1.82) is 5.26 Å². The molecule has 0 aromatic carbocycles. The number of aromatic nitrogens is 3. The fraction of sp³-hybridized carbons (Fsp3) is 0.393. The fourth-order valence-electron chi connectivity index (χ4n) is 2.80. The molecule has 0 aliphatic heterocycles. The average Bonchev–Trinajstić information content (AvgIpc) is 2.79. The first kappa shape index (κ1) is 33.8. The highest BCUT2D eigenvalue weighted by molar-refractivity contribution is 9.11. The Morgan fingerprint density at radius 3 is 1.61 bits per heavy atom. The molecule has 0 atom stereocenters. The van der Waals surface area contributed by atoms with Crippen molar-refractivity contribution in [2.75, 3.05) is 0 Å². The number of nitrogens with zero attached hydrogens (tertiary/aromatic N) is 4. The molecule has 7 nitrogen and oxygen atoms in total. The first-order valence-corrected chi connectivity index (χ1v) is 14.1. The second-order valence-corrected chi connectivity index (χ2v) is 13.3. The van der Waals surface area contributed by atoms with Crippen LogP contribution in [-0.2, 0) is 20.5 Å². The quantitative estimate of drug-likeness (QED) is 0.277. The minimum Gasteiger partial charge on any atom is -0.460 e. The Kier molecular flexibility index (Phi) is 13.2. The molecule has 38 heavy (non-hydrogen) atoms. The van der Waals surface area contributed by atoms with Gasteiger partial charge in [0.2, 0.25) is 0 Å². The van der Waals surface area contributed by atoms with Crippen LogP contribution in [0.1, 0.15) is 72.0 Å². The summed E-state index contributed by atoms with van der Waals surface area (Å²) in [6.45, 7) is 13.5. The molecule has 0 aliphatic rings. The van der Waals surface area contributed by atoms with Gasteiger partial charge in [-0.15, -0.1) is 0 Å². The molecular weight excluding hydrogens is 678 g/mol. The van der Waals surface area contributed by atoms with Gasteiger partial charge in [-0.05, 0) is 119 Å². The van der Waals surface area contributed by atoms with Crippen LogP contribution in [0, 0.1) is 11.3 Å². The minimum atomic E-state index is -0.444. The van der Waals surface area contributed by atoms with Gasteiger partial charge in [-0.25, -0.2) is 4.98 Å². The summed E-state index contributed by atoms with van der Waals surface area (Å²) in [6, 6.07) is 13.1. The summed E-state index contributed by atoms with van der Waals surface area (Å²) in [7, 11) is 0. The zero-order valence-electron chi connectivity index (χ0n) is 22.7. The van der Waals surface area contributed by atoms with E-state index in [0.29, 0.717) is 12.1 Å². The number of nitrogens with two attached hydrogens (primary N) is 1. The van der Waals surface area contributed by atoms with Crippen LogP contribution < -0.4 is 5.73 Å². The highest BCUT2D eigenvalue weighted by atomic mass is 79.9. The standard InChI is InChI=1S/C14H20BrNO2.C8H11BrN2.C6H3BrN2/c1-13(2,3)18-12(17)8-14(4,5)11-7-6-10(15)9-16-11;1-8(2,10)7-4-3-6(9)5-11-7;7-5-1-2-6(3-8)9-4-5/h6-7,9H,8H2,1-5H3;3-5H,10H2,1-2H3;1-2,4H. The van der Waals surface area contributed by atoms with Crippen molar-refractivity contribution < 1.29 is 9.53 Å². The molecule has 0 bridgehead atoms. The molecule has 0 saturated heterocycles. The molecule has 0 radical (unpaired) electrons. The first-order chi connectivity index (χ1) is 17.4. The van der Waals surface area contributed by atoms with E-state index in [1.807, 2.05) is 78.8 Å². The van der Waals surface area contributed by atoms with Gasteiger partial charge >= 0.3 is 5.97 Å². The molecule has 3 rings (SSSR count). The number of hydrogen-bond donors (Lipinski definition) is 1. The van der Waals surface area contributed by atoms with E-state index in [0.717, 1.165) is 24.8 Å². The number of carbonyl (C=O) groups excluding carboxylic acids is 1. The van der Waals surface area contributed by atoms with Gasteiger partial charge in [0, 0.05) is 43.1 Å². The van der Waals surface area contributed by atoms with E-state index in [1.54, 1.807) is 30.7 Å². The summed E-state index contributed by atoms with van der Waals surface area (Å²) < 4.78 is 8.14. The maximum absolute atomic E-state index is 11.9. The van der Waals surface area contributed by atoms with Crippen LogP contribution in [0.4, 0.5) is 0 Å². The number of esters is 1. The lowest BCUT2D eigenvalue weighted by Crippen LogP contribution is -2.29. The summed E-state index contributed by atoms with van der Waals surface area (Å²) in [5.41, 5.74) is 6.94. The molecule has 0 spiro atoms. The van der Waals surface area contributed by atoms with Crippen LogP contribution in [0.15, 0.2) is 68.4 Å². The second-order valence-electron chi connectivity index (χ2n) is 10.6. The zero-order chi connectivity index (χ0) is 29.1. The maximum atomic E-state index is 11.9. The van der Waals surface area contributed by atoms with E-state index in [4.69, 9.17) is 15.7 Å². The highest BCUT2D eigenvalue weighted by Gasteiger charge is 2.28. The second kappa shape index (κ2) is 14.8. The molecule has 10 heteroatoms. The van der Waals surface area contributed by atoms with E-state index in [-0.39, 0.29) is 16.9 Å². The van der Waals surface area contributed by atoms with Gasteiger partial charge in [-0.1, -0.05) is 13.8 Å². The van der Waals surface area contributed by atoms with Crippen LogP contribution in [0.3, 0.4) is 0 Å². The van der Waals surface area contributed by atoms with Gasteiger partial charge in [0.15, 0.2) is 0 Å². The Labute approximate surface area is 251 Å². The molecule has 204 valence electrons. The Hall–Kier alpha value is -2.19. The number of rotatable bonds is 4. The lowest BCUT2D eigenvalue weighted by atomic mass is 9.85.